The van der Waals surface area contributed by atoms with Gasteiger partial charge in [0.05, 0.1) is 11.7 Å². The van der Waals surface area contributed by atoms with Crippen molar-refractivity contribution in [3.05, 3.63) is 30.0 Å². The van der Waals surface area contributed by atoms with Gasteiger partial charge in [-0.2, -0.15) is 5.10 Å². The molecule has 1 aromatic heterocycles. The van der Waals surface area contributed by atoms with Gasteiger partial charge in [-0.1, -0.05) is 13.8 Å². The van der Waals surface area contributed by atoms with Crippen LogP contribution in [0.2, 0.25) is 0 Å². The summed E-state index contributed by atoms with van der Waals surface area (Å²) >= 11 is 0. The monoisotopic (exact) mass is 342 g/mol. The van der Waals surface area contributed by atoms with E-state index in [9.17, 15) is 9.59 Å². The van der Waals surface area contributed by atoms with E-state index in [-0.39, 0.29) is 17.9 Å². The van der Waals surface area contributed by atoms with E-state index in [2.05, 4.69) is 29.4 Å². The minimum atomic E-state index is -0.0869. The first-order chi connectivity index (χ1) is 12.0. The van der Waals surface area contributed by atoms with Gasteiger partial charge in [0.25, 0.3) is 5.91 Å². The van der Waals surface area contributed by atoms with Gasteiger partial charge in [0.2, 0.25) is 5.91 Å². The van der Waals surface area contributed by atoms with Gasteiger partial charge in [0.1, 0.15) is 0 Å². The highest BCUT2D eigenvalue weighted by Gasteiger charge is 2.23. The van der Waals surface area contributed by atoms with Crippen LogP contribution in [0.4, 0.5) is 0 Å². The van der Waals surface area contributed by atoms with Gasteiger partial charge in [-0.15, -0.1) is 0 Å². The van der Waals surface area contributed by atoms with Crippen LogP contribution in [0.25, 0.3) is 10.9 Å². The Kier molecular flexibility index (Phi) is 5.36. The van der Waals surface area contributed by atoms with E-state index < -0.39 is 0 Å². The van der Waals surface area contributed by atoms with Gasteiger partial charge >= 0.3 is 0 Å². The number of carbonyl (C=O) groups excluding carboxylic acids is 2. The van der Waals surface area contributed by atoms with Crippen LogP contribution in [0.1, 0.15) is 49.9 Å². The van der Waals surface area contributed by atoms with Crippen LogP contribution in [0.15, 0.2) is 24.4 Å². The number of hydrogen-bond donors (Lipinski definition) is 2. The quantitative estimate of drug-likeness (QED) is 0.877. The molecular weight excluding hydrogens is 316 g/mol. The normalized spacial score (nSPS) is 18.6. The molecule has 1 saturated heterocycles. The molecule has 1 aromatic carbocycles. The molecule has 1 aliphatic rings. The standard InChI is InChI=1S/C19H26N4O2/c1-13(2)7-9-23-10-8-16(4-6-18(23)24)21-19(25)14-3-5-17-15(11-14)12-20-22-17/h3,5,11-13,16H,4,6-10H2,1-2H3,(H,20,22)(H,21,25). The lowest BCUT2D eigenvalue weighted by molar-refractivity contribution is -0.130. The molecule has 0 bridgehead atoms. The molecule has 2 N–H and O–H groups in total. The predicted molar refractivity (Wildman–Crippen MR) is 97.2 cm³/mol. The Labute approximate surface area is 148 Å². The number of carbonyl (C=O) groups is 2. The maximum Gasteiger partial charge on any atom is 0.251 e. The predicted octanol–water partition coefficient (Wildman–Crippen LogP) is 2.72. The Morgan fingerprint density at radius 1 is 1.40 bits per heavy atom. The number of rotatable bonds is 5. The van der Waals surface area contributed by atoms with Gasteiger partial charge < -0.3 is 10.2 Å². The van der Waals surface area contributed by atoms with E-state index in [1.165, 1.54) is 0 Å². The molecule has 134 valence electrons. The van der Waals surface area contributed by atoms with E-state index in [1.54, 1.807) is 12.3 Å². The Balaban J connectivity index is 1.59. The molecule has 2 aromatic rings. The third kappa shape index (κ3) is 4.38. The molecule has 1 atom stereocenters. The second-order valence-corrected chi connectivity index (χ2v) is 7.23. The van der Waals surface area contributed by atoms with Crippen LogP contribution >= 0.6 is 0 Å². The first-order valence-electron chi connectivity index (χ1n) is 9.04. The lowest BCUT2D eigenvalue weighted by Gasteiger charge is -2.22. The molecule has 1 unspecified atom stereocenters. The third-order valence-corrected chi connectivity index (χ3v) is 4.82. The molecule has 2 heterocycles. The van der Waals surface area contributed by atoms with Crippen LogP contribution < -0.4 is 5.32 Å². The number of nitrogens with one attached hydrogen (secondary N) is 2. The van der Waals surface area contributed by atoms with Gasteiger partial charge in [-0.25, -0.2) is 0 Å². The summed E-state index contributed by atoms with van der Waals surface area (Å²) in [6.45, 7) is 5.87. The number of fused-ring (bicyclic) bond motifs is 1. The molecule has 2 amide bonds. The Morgan fingerprint density at radius 3 is 3.04 bits per heavy atom. The molecule has 1 aliphatic heterocycles. The Bertz CT molecular complexity index is 753. The molecule has 6 heteroatoms. The average molecular weight is 342 g/mol. The number of nitrogens with zero attached hydrogens (tertiary/aromatic N) is 2. The van der Waals surface area contributed by atoms with Crippen molar-refractivity contribution < 1.29 is 9.59 Å². The Hall–Kier alpha value is -2.37. The maximum absolute atomic E-state index is 12.5. The largest absolute Gasteiger partial charge is 0.349 e. The number of likely N-dealkylation sites (tertiary alicyclic amines) is 1. The number of aromatic nitrogens is 2. The molecular formula is C19H26N4O2. The molecule has 1 fully saturated rings. The molecule has 6 nitrogen and oxygen atoms in total. The van der Waals surface area contributed by atoms with Crippen LogP contribution in [0.5, 0.6) is 0 Å². The number of aromatic amines is 1. The topological polar surface area (TPSA) is 78.1 Å². The summed E-state index contributed by atoms with van der Waals surface area (Å²) in [5.41, 5.74) is 1.54. The number of amides is 2. The van der Waals surface area contributed by atoms with Crippen molar-refractivity contribution in [3.63, 3.8) is 0 Å². The first-order valence-corrected chi connectivity index (χ1v) is 9.04. The van der Waals surface area contributed by atoms with Crippen molar-refractivity contribution in [1.29, 1.82) is 0 Å². The number of benzene rings is 1. The van der Waals surface area contributed by atoms with Gasteiger partial charge in [0.15, 0.2) is 0 Å². The van der Waals surface area contributed by atoms with E-state index in [1.807, 2.05) is 17.0 Å². The van der Waals surface area contributed by atoms with E-state index in [0.29, 0.717) is 24.3 Å². The molecule has 3 rings (SSSR count). The first kappa shape index (κ1) is 17.5. The number of hydrogen-bond acceptors (Lipinski definition) is 3. The maximum atomic E-state index is 12.5. The van der Waals surface area contributed by atoms with Gasteiger partial charge in [-0.05, 0) is 43.4 Å². The lowest BCUT2D eigenvalue weighted by Crippen LogP contribution is -2.36. The fourth-order valence-corrected chi connectivity index (χ4v) is 3.18. The molecule has 0 spiro atoms. The van der Waals surface area contributed by atoms with E-state index in [0.717, 1.165) is 36.8 Å². The molecule has 0 radical (unpaired) electrons. The second kappa shape index (κ2) is 7.68. The van der Waals surface area contributed by atoms with Crippen LogP contribution in [-0.2, 0) is 4.79 Å². The fraction of sp³-hybridized carbons (Fsp3) is 0.526. The van der Waals surface area contributed by atoms with Crippen LogP contribution in [-0.4, -0.2) is 46.0 Å². The average Bonchev–Trinajstić information content (AvgIpc) is 2.99. The summed E-state index contributed by atoms with van der Waals surface area (Å²) in [6, 6.07) is 5.54. The third-order valence-electron chi connectivity index (χ3n) is 4.82. The summed E-state index contributed by atoms with van der Waals surface area (Å²) < 4.78 is 0. The second-order valence-electron chi connectivity index (χ2n) is 7.23. The Morgan fingerprint density at radius 2 is 2.24 bits per heavy atom. The summed E-state index contributed by atoms with van der Waals surface area (Å²) in [5, 5.41) is 10.9. The minimum absolute atomic E-state index is 0.0422. The van der Waals surface area contributed by atoms with Crippen LogP contribution in [0, 0.1) is 5.92 Å². The highest BCUT2D eigenvalue weighted by molar-refractivity contribution is 5.98. The van der Waals surface area contributed by atoms with Crippen LogP contribution in [0.3, 0.4) is 0 Å². The van der Waals surface area contributed by atoms with Gasteiger partial charge in [0, 0.05) is 36.5 Å². The molecule has 0 saturated carbocycles. The molecule has 25 heavy (non-hydrogen) atoms. The van der Waals surface area contributed by atoms with E-state index >= 15 is 0 Å². The zero-order chi connectivity index (χ0) is 17.8. The smallest absolute Gasteiger partial charge is 0.251 e. The summed E-state index contributed by atoms with van der Waals surface area (Å²) in [7, 11) is 0. The van der Waals surface area contributed by atoms with Crippen molar-refractivity contribution in [3.8, 4) is 0 Å². The fourth-order valence-electron chi connectivity index (χ4n) is 3.18. The van der Waals surface area contributed by atoms with Crippen molar-refractivity contribution in [1.82, 2.24) is 20.4 Å². The summed E-state index contributed by atoms with van der Waals surface area (Å²) in [4.78, 5) is 26.7. The summed E-state index contributed by atoms with van der Waals surface area (Å²) in [5.74, 6) is 0.706. The number of H-pyrrole nitrogens is 1. The SMILES string of the molecule is CC(C)CCN1CCC(NC(=O)c2ccc3[nH]ncc3c2)CCC1=O. The zero-order valence-corrected chi connectivity index (χ0v) is 14.9. The summed E-state index contributed by atoms with van der Waals surface area (Å²) in [6.07, 6.45) is 4.75. The zero-order valence-electron chi connectivity index (χ0n) is 14.9. The minimum Gasteiger partial charge on any atom is -0.349 e. The van der Waals surface area contributed by atoms with Gasteiger partial charge in [-0.3, -0.25) is 14.7 Å². The van der Waals surface area contributed by atoms with Crippen molar-refractivity contribution in [2.24, 2.45) is 5.92 Å². The van der Waals surface area contributed by atoms with Crippen molar-refractivity contribution in [2.45, 2.75) is 45.6 Å². The highest BCUT2D eigenvalue weighted by Crippen LogP contribution is 2.16. The van der Waals surface area contributed by atoms with Crippen molar-refractivity contribution >= 4 is 22.7 Å². The lowest BCUT2D eigenvalue weighted by atomic mass is 10.1. The molecule has 0 aliphatic carbocycles. The van der Waals surface area contributed by atoms with Crippen molar-refractivity contribution in [2.75, 3.05) is 13.1 Å². The highest BCUT2D eigenvalue weighted by atomic mass is 16.2. The van der Waals surface area contributed by atoms with E-state index in [4.69, 9.17) is 0 Å².